The molecule has 2 N–H and O–H groups in total. The van der Waals surface area contributed by atoms with Crippen LogP contribution in [0.25, 0.3) is 0 Å². The van der Waals surface area contributed by atoms with Crippen LogP contribution >= 0.6 is 0 Å². The molecule has 2 atom stereocenters. The Bertz CT molecular complexity index is 328. The summed E-state index contributed by atoms with van der Waals surface area (Å²) in [6.45, 7) is 5.10. The number of ether oxygens (including phenoxy) is 1. The molecule has 1 fully saturated rings. The van der Waals surface area contributed by atoms with Crippen molar-refractivity contribution in [3.8, 4) is 0 Å². The van der Waals surface area contributed by atoms with Gasteiger partial charge in [0.2, 0.25) is 0 Å². The summed E-state index contributed by atoms with van der Waals surface area (Å²) < 4.78 is 5.81. The number of hydrogen-bond donors (Lipinski definition) is 1. The lowest BCUT2D eigenvalue weighted by Crippen LogP contribution is -2.35. The van der Waals surface area contributed by atoms with Crippen molar-refractivity contribution in [3.63, 3.8) is 0 Å². The van der Waals surface area contributed by atoms with E-state index in [4.69, 9.17) is 10.5 Å². The molecular formula is C13H19NO. The Morgan fingerprint density at radius 3 is 2.53 bits per heavy atom. The van der Waals surface area contributed by atoms with Gasteiger partial charge in [-0.3, -0.25) is 0 Å². The summed E-state index contributed by atoms with van der Waals surface area (Å²) in [5.74, 6) is 0. The monoisotopic (exact) mass is 205 g/mol. The molecule has 2 unspecified atom stereocenters. The summed E-state index contributed by atoms with van der Waals surface area (Å²) in [4.78, 5) is 0. The maximum Gasteiger partial charge on any atom is 0.0980 e. The van der Waals surface area contributed by atoms with Crippen LogP contribution in [0.1, 0.15) is 35.6 Å². The predicted molar refractivity (Wildman–Crippen MR) is 61.8 cm³/mol. The second kappa shape index (κ2) is 4.33. The smallest absolute Gasteiger partial charge is 0.0980 e. The van der Waals surface area contributed by atoms with Crippen molar-refractivity contribution in [3.05, 3.63) is 34.9 Å². The fraction of sp³-hybridized carbons (Fsp3) is 0.538. The summed E-state index contributed by atoms with van der Waals surface area (Å²) in [6, 6.07) is 6.50. The first-order valence-corrected chi connectivity index (χ1v) is 5.63. The highest BCUT2D eigenvalue weighted by Crippen LogP contribution is 2.31. The van der Waals surface area contributed by atoms with E-state index in [0.29, 0.717) is 0 Å². The van der Waals surface area contributed by atoms with Crippen LogP contribution in [-0.4, -0.2) is 12.6 Å². The van der Waals surface area contributed by atoms with Gasteiger partial charge in [0.05, 0.1) is 6.10 Å². The molecule has 1 aromatic rings. The number of benzene rings is 1. The number of nitrogens with two attached hydrogens (primary N) is 1. The molecule has 0 amide bonds. The minimum Gasteiger partial charge on any atom is -0.372 e. The van der Waals surface area contributed by atoms with E-state index < -0.39 is 0 Å². The lowest BCUT2D eigenvalue weighted by molar-refractivity contribution is -0.000576. The molecule has 2 heteroatoms. The zero-order chi connectivity index (χ0) is 10.8. The van der Waals surface area contributed by atoms with E-state index in [1.165, 1.54) is 16.7 Å². The average molecular weight is 205 g/mol. The van der Waals surface area contributed by atoms with Gasteiger partial charge in [-0.05, 0) is 43.4 Å². The first kappa shape index (κ1) is 10.7. The van der Waals surface area contributed by atoms with Crippen LogP contribution in [0.5, 0.6) is 0 Å². The highest BCUT2D eigenvalue weighted by Gasteiger charge is 2.26. The summed E-state index contributed by atoms with van der Waals surface area (Å²) >= 11 is 0. The van der Waals surface area contributed by atoms with Crippen LogP contribution in [0.4, 0.5) is 0 Å². The van der Waals surface area contributed by atoms with Crippen LogP contribution in [-0.2, 0) is 4.74 Å². The maximum atomic E-state index is 6.12. The van der Waals surface area contributed by atoms with E-state index >= 15 is 0 Å². The highest BCUT2D eigenvalue weighted by molar-refractivity contribution is 5.36. The largest absolute Gasteiger partial charge is 0.372 e. The molecule has 82 valence electrons. The number of aryl methyl sites for hydroxylation is 2. The van der Waals surface area contributed by atoms with Gasteiger partial charge in [0.25, 0.3) is 0 Å². The van der Waals surface area contributed by atoms with Crippen molar-refractivity contribution in [2.45, 2.75) is 38.8 Å². The van der Waals surface area contributed by atoms with Gasteiger partial charge in [-0.15, -0.1) is 0 Å². The molecule has 1 aromatic carbocycles. The van der Waals surface area contributed by atoms with E-state index in [-0.39, 0.29) is 12.1 Å². The highest BCUT2D eigenvalue weighted by atomic mass is 16.5. The van der Waals surface area contributed by atoms with E-state index in [2.05, 4.69) is 32.0 Å². The lowest BCUT2D eigenvalue weighted by atomic mass is 9.90. The van der Waals surface area contributed by atoms with Crippen molar-refractivity contribution in [1.29, 1.82) is 0 Å². The fourth-order valence-electron chi connectivity index (χ4n) is 2.38. The zero-order valence-electron chi connectivity index (χ0n) is 9.49. The van der Waals surface area contributed by atoms with Crippen molar-refractivity contribution in [2.75, 3.05) is 6.61 Å². The molecule has 0 aromatic heterocycles. The van der Waals surface area contributed by atoms with E-state index in [0.717, 1.165) is 19.4 Å². The van der Waals surface area contributed by atoms with E-state index in [9.17, 15) is 0 Å². The topological polar surface area (TPSA) is 35.2 Å². The number of rotatable bonds is 1. The summed E-state index contributed by atoms with van der Waals surface area (Å²) in [5, 5.41) is 0. The molecule has 0 saturated carbocycles. The Kier molecular flexibility index (Phi) is 3.08. The van der Waals surface area contributed by atoms with Gasteiger partial charge >= 0.3 is 0 Å². The molecule has 1 saturated heterocycles. The molecule has 1 aliphatic rings. The molecule has 0 bridgehead atoms. The zero-order valence-corrected chi connectivity index (χ0v) is 9.49. The third-order valence-corrected chi connectivity index (χ3v) is 3.19. The summed E-state index contributed by atoms with van der Waals surface area (Å²) in [6.07, 6.45) is 2.25. The summed E-state index contributed by atoms with van der Waals surface area (Å²) in [7, 11) is 0. The van der Waals surface area contributed by atoms with Crippen molar-refractivity contribution >= 4 is 0 Å². The standard InChI is InChI=1S/C13H19NO/c1-9-5-3-6-10(2)12(9)13-11(14)7-4-8-15-13/h3,5-6,11,13H,4,7-8,14H2,1-2H3. The third kappa shape index (κ3) is 2.06. The van der Waals surface area contributed by atoms with Gasteiger partial charge in [0.1, 0.15) is 0 Å². The quantitative estimate of drug-likeness (QED) is 0.764. The van der Waals surface area contributed by atoms with Crippen molar-refractivity contribution in [2.24, 2.45) is 5.73 Å². The predicted octanol–water partition coefficient (Wildman–Crippen LogP) is 2.48. The van der Waals surface area contributed by atoms with Gasteiger partial charge in [0.15, 0.2) is 0 Å². The second-order valence-corrected chi connectivity index (χ2v) is 4.40. The Morgan fingerprint density at radius 1 is 1.27 bits per heavy atom. The molecule has 0 aliphatic carbocycles. The third-order valence-electron chi connectivity index (χ3n) is 3.19. The minimum absolute atomic E-state index is 0.0972. The van der Waals surface area contributed by atoms with Crippen molar-refractivity contribution in [1.82, 2.24) is 0 Å². The molecular weight excluding hydrogens is 186 g/mol. The van der Waals surface area contributed by atoms with E-state index in [1.54, 1.807) is 0 Å². The second-order valence-electron chi connectivity index (χ2n) is 4.40. The first-order valence-electron chi connectivity index (χ1n) is 5.63. The Balaban J connectivity index is 2.35. The fourth-order valence-corrected chi connectivity index (χ4v) is 2.38. The van der Waals surface area contributed by atoms with Gasteiger partial charge < -0.3 is 10.5 Å². The Morgan fingerprint density at radius 2 is 1.93 bits per heavy atom. The SMILES string of the molecule is Cc1cccc(C)c1C1OCCCC1N. The molecule has 2 rings (SSSR count). The van der Waals surface area contributed by atoms with E-state index in [1.807, 2.05) is 0 Å². The minimum atomic E-state index is 0.0972. The summed E-state index contributed by atoms with van der Waals surface area (Å²) in [5.41, 5.74) is 10.00. The Hall–Kier alpha value is -0.860. The molecule has 1 aliphatic heterocycles. The molecule has 0 spiro atoms. The molecule has 2 nitrogen and oxygen atoms in total. The van der Waals surface area contributed by atoms with Gasteiger partial charge in [0, 0.05) is 12.6 Å². The van der Waals surface area contributed by atoms with Crippen LogP contribution < -0.4 is 5.73 Å². The van der Waals surface area contributed by atoms with Crippen LogP contribution in [0.3, 0.4) is 0 Å². The van der Waals surface area contributed by atoms with Gasteiger partial charge in [-0.2, -0.15) is 0 Å². The Labute approximate surface area is 91.4 Å². The average Bonchev–Trinajstić information content (AvgIpc) is 2.20. The van der Waals surface area contributed by atoms with Crippen LogP contribution in [0, 0.1) is 13.8 Å². The number of hydrogen-bond acceptors (Lipinski definition) is 2. The van der Waals surface area contributed by atoms with Gasteiger partial charge in [-0.1, -0.05) is 18.2 Å². The molecule has 1 heterocycles. The van der Waals surface area contributed by atoms with Gasteiger partial charge in [-0.25, -0.2) is 0 Å². The van der Waals surface area contributed by atoms with Crippen LogP contribution in [0.2, 0.25) is 0 Å². The van der Waals surface area contributed by atoms with Crippen molar-refractivity contribution < 1.29 is 4.74 Å². The first-order chi connectivity index (χ1) is 7.20. The molecule has 0 radical (unpaired) electrons. The van der Waals surface area contributed by atoms with Crippen LogP contribution in [0.15, 0.2) is 18.2 Å². The normalized spacial score (nSPS) is 26.6. The lowest BCUT2D eigenvalue weighted by Gasteiger charge is -2.31. The maximum absolute atomic E-state index is 6.12. The molecule has 15 heavy (non-hydrogen) atoms.